The molecule has 1 heterocycles. The third-order valence-electron chi connectivity index (χ3n) is 3.62. The molecule has 3 nitrogen and oxygen atoms in total. The zero-order valence-corrected chi connectivity index (χ0v) is 12.8. The molecule has 1 unspecified atom stereocenters. The molecule has 1 atom stereocenters. The summed E-state index contributed by atoms with van der Waals surface area (Å²) in [5.41, 5.74) is 0.145. The van der Waals surface area contributed by atoms with Crippen molar-refractivity contribution in [3.05, 3.63) is 34.1 Å². The molecule has 1 aromatic rings. The maximum atomic E-state index is 13.7. The Bertz CT molecular complexity index is 481. The van der Waals surface area contributed by atoms with Gasteiger partial charge in [-0.3, -0.25) is 9.69 Å². The summed E-state index contributed by atoms with van der Waals surface area (Å²) in [5.74, 6) is -0.680. The molecule has 0 spiro atoms. The molecule has 1 saturated heterocycles. The zero-order valence-electron chi connectivity index (χ0n) is 11.2. The van der Waals surface area contributed by atoms with E-state index in [4.69, 9.17) is 0 Å². The lowest BCUT2D eigenvalue weighted by Crippen LogP contribution is -2.53. The average molecular weight is 329 g/mol. The Morgan fingerprint density at radius 3 is 2.84 bits per heavy atom. The Balaban J connectivity index is 2.14. The summed E-state index contributed by atoms with van der Waals surface area (Å²) in [6, 6.07) is 4.79. The van der Waals surface area contributed by atoms with Gasteiger partial charge in [0.25, 0.3) is 5.91 Å². The predicted molar refractivity (Wildman–Crippen MR) is 76.7 cm³/mol. The van der Waals surface area contributed by atoms with E-state index >= 15 is 0 Å². The SMILES string of the molecule is CCN1CCN(C(=O)c2cc(Br)ccc2F)CC1C. The lowest BCUT2D eigenvalue weighted by Gasteiger charge is -2.39. The largest absolute Gasteiger partial charge is 0.336 e. The summed E-state index contributed by atoms with van der Waals surface area (Å²) in [5, 5.41) is 0. The smallest absolute Gasteiger partial charge is 0.256 e. The van der Waals surface area contributed by atoms with Gasteiger partial charge in [0.05, 0.1) is 5.56 Å². The Morgan fingerprint density at radius 2 is 2.21 bits per heavy atom. The van der Waals surface area contributed by atoms with Crippen molar-refractivity contribution >= 4 is 21.8 Å². The van der Waals surface area contributed by atoms with E-state index in [-0.39, 0.29) is 11.5 Å². The molecule has 1 fully saturated rings. The number of halogens is 2. The summed E-state index contributed by atoms with van der Waals surface area (Å²) < 4.78 is 14.5. The highest BCUT2D eigenvalue weighted by molar-refractivity contribution is 9.10. The number of likely N-dealkylation sites (N-methyl/N-ethyl adjacent to an activating group) is 1. The van der Waals surface area contributed by atoms with Gasteiger partial charge in [-0.1, -0.05) is 22.9 Å². The maximum absolute atomic E-state index is 13.7. The van der Waals surface area contributed by atoms with Gasteiger partial charge in [0.2, 0.25) is 0 Å². The molecule has 104 valence electrons. The van der Waals surface area contributed by atoms with Crippen LogP contribution in [0.5, 0.6) is 0 Å². The van der Waals surface area contributed by atoms with Gasteiger partial charge in [-0.25, -0.2) is 4.39 Å². The van der Waals surface area contributed by atoms with Gasteiger partial charge in [0.1, 0.15) is 5.82 Å². The molecule has 0 aromatic heterocycles. The van der Waals surface area contributed by atoms with Crippen LogP contribution in [0, 0.1) is 5.82 Å². The van der Waals surface area contributed by atoms with E-state index in [1.165, 1.54) is 6.07 Å². The Hall–Kier alpha value is -0.940. The number of carbonyl (C=O) groups excluding carboxylic acids is 1. The number of hydrogen-bond acceptors (Lipinski definition) is 2. The molecule has 1 aliphatic rings. The van der Waals surface area contributed by atoms with E-state index < -0.39 is 5.82 Å². The molecule has 0 radical (unpaired) electrons. The van der Waals surface area contributed by atoms with Gasteiger partial charge in [-0.15, -0.1) is 0 Å². The molecule has 2 rings (SSSR count). The van der Waals surface area contributed by atoms with Crippen LogP contribution in [-0.4, -0.2) is 47.9 Å². The minimum Gasteiger partial charge on any atom is -0.336 e. The molecular formula is C14H18BrFN2O. The first-order chi connectivity index (χ1) is 9.02. The van der Waals surface area contributed by atoms with Gasteiger partial charge in [-0.2, -0.15) is 0 Å². The lowest BCUT2D eigenvalue weighted by atomic mass is 10.1. The zero-order chi connectivity index (χ0) is 14.0. The van der Waals surface area contributed by atoms with Gasteiger partial charge in [0, 0.05) is 30.1 Å². The number of hydrogen-bond donors (Lipinski definition) is 0. The van der Waals surface area contributed by atoms with Crippen molar-refractivity contribution in [1.29, 1.82) is 0 Å². The molecular weight excluding hydrogens is 311 g/mol. The summed E-state index contributed by atoms with van der Waals surface area (Å²) >= 11 is 3.28. The highest BCUT2D eigenvalue weighted by atomic mass is 79.9. The second-order valence-corrected chi connectivity index (χ2v) is 5.77. The van der Waals surface area contributed by atoms with Crippen LogP contribution in [0.15, 0.2) is 22.7 Å². The van der Waals surface area contributed by atoms with Gasteiger partial charge >= 0.3 is 0 Å². The third-order valence-corrected chi connectivity index (χ3v) is 4.11. The van der Waals surface area contributed by atoms with Crippen molar-refractivity contribution in [1.82, 2.24) is 9.80 Å². The van der Waals surface area contributed by atoms with Crippen molar-refractivity contribution < 1.29 is 9.18 Å². The van der Waals surface area contributed by atoms with Crippen LogP contribution >= 0.6 is 15.9 Å². The fraction of sp³-hybridized carbons (Fsp3) is 0.500. The lowest BCUT2D eigenvalue weighted by molar-refractivity contribution is 0.0524. The molecule has 0 N–H and O–H groups in total. The van der Waals surface area contributed by atoms with Crippen molar-refractivity contribution in [3.63, 3.8) is 0 Å². The van der Waals surface area contributed by atoms with Crippen molar-refractivity contribution in [3.8, 4) is 0 Å². The number of amides is 1. The molecule has 0 bridgehead atoms. The van der Waals surface area contributed by atoms with Crippen LogP contribution in [0.2, 0.25) is 0 Å². The van der Waals surface area contributed by atoms with Crippen LogP contribution in [0.4, 0.5) is 4.39 Å². The van der Waals surface area contributed by atoms with Gasteiger partial charge in [-0.05, 0) is 31.7 Å². The monoisotopic (exact) mass is 328 g/mol. The quantitative estimate of drug-likeness (QED) is 0.833. The van der Waals surface area contributed by atoms with E-state index in [1.807, 2.05) is 0 Å². The highest BCUT2D eigenvalue weighted by Gasteiger charge is 2.27. The standard InChI is InChI=1S/C14H18BrFN2O/c1-3-17-6-7-18(9-10(17)2)14(19)12-8-11(15)4-5-13(12)16/h4-5,8,10H,3,6-7,9H2,1-2H3. The number of carbonyl (C=O) groups is 1. The van der Waals surface area contributed by atoms with Crippen molar-refractivity contribution in [2.45, 2.75) is 19.9 Å². The predicted octanol–water partition coefficient (Wildman–Crippen LogP) is 2.75. The van der Waals surface area contributed by atoms with E-state index in [9.17, 15) is 9.18 Å². The fourth-order valence-electron chi connectivity index (χ4n) is 2.48. The Labute approximate surface area is 121 Å². The average Bonchev–Trinajstić information content (AvgIpc) is 2.40. The minimum absolute atomic E-state index is 0.145. The second kappa shape index (κ2) is 6.01. The number of piperazine rings is 1. The van der Waals surface area contributed by atoms with Gasteiger partial charge in [0.15, 0.2) is 0 Å². The third kappa shape index (κ3) is 3.15. The number of benzene rings is 1. The normalized spacial score (nSPS) is 20.6. The van der Waals surface area contributed by atoms with Crippen molar-refractivity contribution in [2.24, 2.45) is 0 Å². The molecule has 0 aliphatic carbocycles. The van der Waals surface area contributed by atoms with Crippen LogP contribution in [0.25, 0.3) is 0 Å². The summed E-state index contributed by atoms with van der Waals surface area (Å²) in [4.78, 5) is 16.4. The highest BCUT2D eigenvalue weighted by Crippen LogP contribution is 2.19. The number of rotatable bonds is 2. The van der Waals surface area contributed by atoms with E-state index in [0.717, 1.165) is 17.6 Å². The number of nitrogens with zero attached hydrogens (tertiary/aromatic N) is 2. The van der Waals surface area contributed by atoms with E-state index in [0.29, 0.717) is 19.1 Å². The molecule has 0 saturated carbocycles. The van der Waals surface area contributed by atoms with Crippen LogP contribution in [0.1, 0.15) is 24.2 Å². The topological polar surface area (TPSA) is 23.6 Å². The molecule has 1 amide bonds. The van der Waals surface area contributed by atoms with E-state index in [1.54, 1.807) is 17.0 Å². The first kappa shape index (κ1) is 14.5. The summed E-state index contributed by atoms with van der Waals surface area (Å²) in [6.07, 6.45) is 0. The minimum atomic E-state index is -0.459. The second-order valence-electron chi connectivity index (χ2n) is 4.85. The molecule has 19 heavy (non-hydrogen) atoms. The Morgan fingerprint density at radius 1 is 1.47 bits per heavy atom. The maximum Gasteiger partial charge on any atom is 0.256 e. The Kier molecular flexibility index (Phi) is 4.58. The van der Waals surface area contributed by atoms with Gasteiger partial charge < -0.3 is 4.90 Å². The summed E-state index contributed by atoms with van der Waals surface area (Å²) in [7, 11) is 0. The van der Waals surface area contributed by atoms with E-state index in [2.05, 4.69) is 34.7 Å². The molecule has 1 aromatic carbocycles. The first-order valence-electron chi connectivity index (χ1n) is 6.51. The first-order valence-corrected chi connectivity index (χ1v) is 7.30. The van der Waals surface area contributed by atoms with Crippen LogP contribution in [0.3, 0.4) is 0 Å². The molecule has 1 aliphatic heterocycles. The fourth-order valence-corrected chi connectivity index (χ4v) is 2.84. The van der Waals surface area contributed by atoms with Crippen molar-refractivity contribution in [2.75, 3.05) is 26.2 Å². The van der Waals surface area contributed by atoms with Crippen LogP contribution < -0.4 is 0 Å². The molecule has 5 heteroatoms. The van der Waals surface area contributed by atoms with Crippen LogP contribution in [-0.2, 0) is 0 Å². The summed E-state index contributed by atoms with van der Waals surface area (Å²) in [6.45, 7) is 7.34.